The highest BCUT2D eigenvalue weighted by Gasteiger charge is 2.38. The van der Waals surface area contributed by atoms with Gasteiger partial charge in [0.25, 0.3) is 0 Å². The van der Waals surface area contributed by atoms with Gasteiger partial charge >= 0.3 is 0 Å². The second-order valence-corrected chi connectivity index (χ2v) is 8.28. The van der Waals surface area contributed by atoms with Crippen molar-refractivity contribution in [3.63, 3.8) is 0 Å². The highest BCUT2D eigenvalue weighted by Crippen LogP contribution is 2.31. The molecule has 1 N–H and O–H groups in total. The van der Waals surface area contributed by atoms with Crippen LogP contribution in [0, 0.1) is 0 Å². The van der Waals surface area contributed by atoms with Crippen molar-refractivity contribution in [3.8, 4) is 0 Å². The molecule has 1 aliphatic heterocycles. The second kappa shape index (κ2) is 6.49. The normalized spacial score (nSPS) is 22.7. The predicted molar refractivity (Wildman–Crippen MR) is 93.8 cm³/mol. The second-order valence-electron chi connectivity index (χ2n) is 8.28. The van der Waals surface area contributed by atoms with Crippen LogP contribution in [0.3, 0.4) is 0 Å². The Morgan fingerprint density at radius 3 is 2.72 bits per heavy atom. The van der Waals surface area contributed by atoms with Gasteiger partial charge in [-0.2, -0.15) is 5.10 Å². The number of rotatable bonds is 4. The molecule has 0 bridgehead atoms. The highest BCUT2D eigenvalue weighted by atomic mass is 16.3. The number of likely N-dealkylation sites (tertiary alicyclic amines) is 1. The predicted octanol–water partition coefficient (Wildman–Crippen LogP) is 1.69. The summed E-state index contributed by atoms with van der Waals surface area (Å²) in [5.41, 5.74) is -0.418. The molecule has 0 radical (unpaired) electrons. The standard InChI is InChI=1S/C17H29N7O/c1-13(2)23-9-14(20-21-23)17(25)7-6-8-22(11-17)10-15-18-12-19-24(15)16(3,4)5/h9,12-13,25H,6-8,10-11H2,1-5H3/t17-/m1/s1. The van der Waals surface area contributed by atoms with Crippen LogP contribution in [-0.2, 0) is 17.7 Å². The van der Waals surface area contributed by atoms with Crippen LogP contribution in [0.5, 0.6) is 0 Å². The van der Waals surface area contributed by atoms with Crippen molar-refractivity contribution in [2.75, 3.05) is 13.1 Å². The molecular weight excluding hydrogens is 318 g/mol. The van der Waals surface area contributed by atoms with Gasteiger partial charge in [0.2, 0.25) is 0 Å². The quantitative estimate of drug-likeness (QED) is 0.906. The number of piperidine rings is 1. The third-order valence-electron chi connectivity index (χ3n) is 4.68. The maximum Gasteiger partial charge on any atom is 0.141 e. The molecule has 1 atom stereocenters. The monoisotopic (exact) mass is 347 g/mol. The average molecular weight is 347 g/mol. The fraction of sp³-hybridized carbons (Fsp3) is 0.765. The van der Waals surface area contributed by atoms with Gasteiger partial charge in [0.05, 0.1) is 18.3 Å². The molecule has 0 unspecified atom stereocenters. The Balaban J connectivity index is 1.76. The van der Waals surface area contributed by atoms with E-state index in [4.69, 9.17) is 0 Å². The fourth-order valence-corrected chi connectivity index (χ4v) is 3.34. The molecular formula is C17H29N7O. The Bertz CT molecular complexity index is 715. The first-order valence-corrected chi connectivity index (χ1v) is 8.95. The Morgan fingerprint density at radius 2 is 2.08 bits per heavy atom. The molecule has 1 fully saturated rings. The van der Waals surface area contributed by atoms with Crippen molar-refractivity contribution < 1.29 is 5.11 Å². The molecule has 25 heavy (non-hydrogen) atoms. The van der Waals surface area contributed by atoms with E-state index in [1.54, 1.807) is 11.0 Å². The number of hydrogen-bond acceptors (Lipinski definition) is 6. The third kappa shape index (κ3) is 3.74. The topological polar surface area (TPSA) is 84.9 Å². The average Bonchev–Trinajstić information content (AvgIpc) is 3.15. The van der Waals surface area contributed by atoms with Crippen LogP contribution in [0.15, 0.2) is 12.5 Å². The van der Waals surface area contributed by atoms with E-state index in [-0.39, 0.29) is 11.6 Å². The summed E-state index contributed by atoms with van der Waals surface area (Å²) in [4.78, 5) is 6.65. The molecule has 2 aromatic rings. The van der Waals surface area contributed by atoms with Crippen LogP contribution in [-0.4, -0.2) is 52.9 Å². The van der Waals surface area contributed by atoms with Crippen molar-refractivity contribution >= 4 is 0 Å². The molecule has 0 aliphatic carbocycles. The first kappa shape index (κ1) is 18.0. The molecule has 2 aromatic heterocycles. The van der Waals surface area contributed by atoms with Crippen LogP contribution in [0.1, 0.15) is 65.0 Å². The van der Waals surface area contributed by atoms with Crippen molar-refractivity contribution in [1.82, 2.24) is 34.7 Å². The Hall–Kier alpha value is -1.80. The molecule has 0 spiro atoms. The lowest BCUT2D eigenvalue weighted by Crippen LogP contribution is -2.46. The lowest BCUT2D eigenvalue weighted by atomic mass is 9.90. The SMILES string of the molecule is CC(C)n1cc([C@@]2(O)CCCN(Cc3ncnn3C(C)(C)C)C2)nn1. The van der Waals surface area contributed by atoms with Crippen molar-refractivity contribution in [2.45, 2.75) is 71.2 Å². The van der Waals surface area contributed by atoms with Crippen LogP contribution in [0.4, 0.5) is 0 Å². The van der Waals surface area contributed by atoms with E-state index >= 15 is 0 Å². The fourth-order valence-electron chi connectivity index (χ4n) is 3.34. The minimum Gasteiger partial charge on any atom is -0.382 e. The van der Waals surface area contributed by atoms with Gasteiger partial charge < -0.3 is 5.11 Å². The number of nitrogens with zero attached hydrogens (tertiary/aromatic N) is 7. The molecule has 3 heterocycles. The summed E-state index contributed by atoms with van der Waals surface area (Å²) in [6, 6.07) is 0.231. The van der Waals surface area contributed by atoms with Gasteiger partial charge in [0, 0.05) is 12.6 Å². The molecule has 138 valence electrons. The molecule has 3 rings (SSSR count). The summed E-state index contributed by atoms with van der Waals surface area (Å²) in [5.74, 6) is 0.919. The Labute approximate surface area is 148 Å². The molecule has 0 aromatic carbocycles. The summed E-state index contributed by atoms with van der Waals surface area (Å²) in [6.45, 7) is 12.6. The first-order chi connectivity index (χ1) is 11.7. The van der Waals surface area contributed by atoms with Crippen LogP contribution in [0.25, 0.3) is 0 Å². The van der Waals surface area contributed by atoms with E-state index in [0.717, 1.165) is 18.8 Å². The van der Waals surface area contributed by atoms with Crippen molar-refractivity contribution in [1.29, 1.82) is 0 Å². The summed E-state index contributed by atoms with van der Waals surface area (Å²) in [5, 5.41) is 23.9. The number of hydrogen-bond donors (Lipinski definition) is 1. The van der Waals surface area contributed by atoms with E-state index < -0.39 is 5.60 Å². The molecule has 8 nitrogen and oxygen atoms in total. The van der Waals surface area contributed by atoms with Gasteiger partial charge in [-0.3, -0.25) is 4.90 Å². The Morgan fingerprint density at radius 1 is 1.32 bits per heavy atom. The van der Waals surface area contributed by atoms with Crippen molar-refractivity contribution in [2.24, 2.45) is 0 Å². The largest absolute Gasteiger partial charge is 0.382 e. The van der Waals surface area contributed by atoms with E-state index in [9.17, 15) is 5.11 Å². The highest BCUT2D eigenvalue weighted by molar-refractivity contribution is 5.10. The van der Waals surface area contributed by atoms with Crippen LogP contribution >= 0.6 is 0 Å². The van der Waals surface area contributed by atoms with Crippen LogP contribution < -0.4 is 0 Å². The minimum absolute atomic E-state index is 0.113. The van der Waals surface area contributed by atoms with Crippen molar-refractivity contribution in [3.05, 3.63) is 24.0 Å². The summed E-state index contributed by atoms with van der Waals surface area (Å²) in [7, 11) is 0. The zero-order valence-electron chi connectivity index (χ0n) is 15.8. The summed E-state index contributed by atoms with van der Waals surface area (Å²) < 4.78 is 3.75. The van der Waals surface area contributed by atoms with E-state index in [1.165, 1.54) is 0 Å². The zero-order valence-corrected chi connectivity index (χ0v) is 15.8. The van der Waals surface area contributed by atoms with E-state index in [2.05, 4.69) is 59.9 Å². The minimum atomic E-state index is -0.960. The molecule has 8 heteroatoms. The van der Waals surface area contributed by atoms with E-state index in [1.807, 2.05) is 10.9 Å². The number of aliphatic hydroxyl groups is 1. The summed E-state index contributed by atoms with van der Waals surface area (Å²) in [6.07, 6.45) is 5.08. The summed E-state index contributed by atoms with van der Waals surface area (Å²) >= 11 is 0. The number of aromatic nitrogens is 6. The molecule has 0 saturated carbocycles. The molecule has 1 aliphatic rings. The molecule has 1 saturated heterocycles. The third-order valence-corrected chi connectivity index (χ3v) is 4.68. The van der Waals surface area contributed by atoms with Gasteiger partial charge in [0.15, 0.2) is 0 Å². The lowest BCUT2D eigenvalue weighted by Gasteiger charge is -2.38. The maximum atomic E-state index is 11.2. The van der Waals surface area contributed by atoms with Gasteiger partial charge in [0.1, 0.15) is 23.4 Å². The van der Waals surface area contributed by atoms with Gasteiger partial charge in [-0.05, 0) is 54.0 Å². The lowest BCUT2D eigenvalue weighted by molar-refractivity contribution is -0.0426. The van der Waals surface area contributed by atoms with Gasteiger partial charge in [-0.15, -0.1) is 5.10 Å². The Kier molecular flexibility index (Phi) is 4.68. The maximum absolute atomic E-state index is 11.2. The van der Waals surface area contributed by atoms with Crippen LogP contribution in [0.2, 0.25) is 0 Å². The van der Waals surface area contributed by atoms with Gasteiger partial charge in [-0.1, -0.05) is 5.21 Å². The van der Waals surface area contributed by atoms with E-state index in [0.29, 0.717) is 25.2 Å². The number of β-amino-alcohol motifs (C(OH)–C–C–N with tert-alkyl or cyclic N) is 1. The molecule has 0 amide bonds. The zero-order chi connectivity index (χ0) is 18.2. The van der Waals surface area contributed by atoms with Gasteiger partial charge in [-0.25, -0.2) is 14.3 Å². The smallest absolute Gasteiger partial charge is 0.141 e. The first-order valence-electron chi connectivity index (χ1n) is 8.95.